The van der Waals surface area contributed by atoms with E-state index in [4.69, 9.17) is 0 Å². The van der Waals surface area contributed by atoms with Gasteiger partial charge < -0.3 is 5.32 Å². The van der Waals surface area contributed by atoms with E-state index in [1.807, 2.05) is 0 Å². The van der Waals surface area contributed by atoms with E-state index in [9.17, 15) is 17.6 Å². The molecule has 0 aliphatic carbocycles. The van der Waals surface area contributed by atoms with Gasteiger partial charge in [-0.2, -0.15) is 0 Å². The fourth-order valence-electron chi connectivity index (χ4n) is 2.06. The van der Waals surface area contributed by atoms with Gasteiger partial charge in [0.2, 0.25) is 5.91 Å². The van der Waals surface area contributed by atoms with Crippen LogP contribution in [-0.4, -0.2) is 26.4 Å². The quantitative estimate of drug-likeness (QED) is 0.880. The summed E-state index contributed by atoms with van der Waals surface area (Å²) in [5.74, 6) is -1.22. The van der Waals surface area contributed by atoms with Crippen LogP contribution in [0.4, 0.5) is 10.1 Å². The molecule has 1 N–H and O–H groups in total. The second kappa shape index (κ2) is 6.90. The Morgan fingerprint density at radius 3 is 2.42 bits per heavy atom. The lowest BCUT2D eigenvalue weighted by Crippen LogP contribution is -2.47. The number of hydrogen-bond acceptors (Lipinski definition) is 4. The lowest BCUT2D eigenvalue weighted by atomic mass is 10.1. The third-order valence-electron chi connectivity index (χ3n) is 2.96. The highest BCUT2D eigenvalue weighted by Crippen LogP contribution is 2.28. The summed E-state index contributed by atoms with van der Waals surface area (Å²) in [6.07, 6.45) is 0. The molecule has 0 fully saturated rings. The zero-order chi connectivity index (χ0) is 18.0. The Bertz CT molecular complexity index is 812. The van der Waals surface area contributed by atoms with Gasteiger partial charge in [-0.3, -0.25) is 9.10 Å². The van der Waals surface area contributed by atoms with E-state index in [1.165, 1.54) is 24.3 Å². The molecule has 0 atom stereocenters. The van der Waals surface area contributed by atoms with Crippen LogP contribution in [0.2, 0.25) is 0 Å². The van der Waals surface area contributed by atoms with E-state index >= 15 is 0 Å². The Balaban J connectivity index is 2.44. The number of nitrogens with zero attached hydrogens (tertiary/aromatic N) is 1. The molecule has 0 aliphatic rings. The highest BCUT2D eigenvalue weighted by molar-refractivity contribution is 7.94. The van der Waals surface area contributed by atoms with E-state index in [2.05, 4.69) is 5.32 Å². The molecule has 1 aromatic heterocycles. The van der Waals surface area contributed by atoms with Gasteiger partial charge in [0.15, 0.2) is 0 Å². The Morgan fingerprint density at radius 2 is 1.88 bits per heavy atom. The topological polar surface area (TPSA) is 66.5 Å². The largest absolute Gasteiger partial charge is 0.350 e. The molecule has 1 heterocycles. The molecule has 1 aromatic carbocycles. The summed E-state index contributed by atoms with van der Waals surface area (Å²) in [5.41, 5.74) is -0.681. The van der Waals surface area contributed by atoms with Crippen LogP contribution in [0.15, 0.2) is 46.0 Å². The van der Waals surface area contributed by atoms with E-state index in [1.54, 1.807) is 32.2 Å². The van der Waals surface area contributed by atoms with Gasteiger partial charge in [-0.15, -0.1) is 11.3 Å². The molecule has 2 aromatic rings. The van der Waals surface area contributed by atoms with Crippen molar-refractivity contribution in [3.8, 4) is 0 Å². The molecule has 5 nitrogen and oxygen atoms in total. The molecule has 24 heavy (non-hydrogen) atoms. The highest BCUT2D eigenvalue weighted by atomic mass is 32.2. The van der Waals surface area contributed by atoms with Crippen LogP contribution in [0.3, 0.4) is 0 Å². The van der Waals surface area contributed by atoms with E-state index in [-0.39, 0.29) is 9.90 Å². The van der Waals surface area contributed by atoms with Crippen molar-refractivity contribution < 1.29 is 17.6 Å². The molecule has 0 saturated carbocycles. The zero-order valence-corrected chi connectivity index (χ0v) is 15.2. The molecule has 1 amide bonds. The number of carbonyl (C=O) groups is 1. The Kier molecular flexibility index (Phi) is 5.29. The van der Waals surface area contributed by atoms with Crippen molar-refractivity contribution in [2.24, 2.45) is 0 Å². The number of nitrogens with one attached hydrogen (secondary N) is 1. The lowest BCUT2D eigenvalue weighted by Gasteiger charge is -2.26. The second-order valence-electron chi connectivity index (χ2n) is 6.19. The third kappa shape index (κ3) is 4.33. The second-order valence-corrected chi connectivity index (χ2v) is 9.23. The van der Waals surface area contributed by atoms with Crippen molar-refractivity contribution in [2.75, 3.05) is 10.8 Å². The number of para-hydroxylation sites is 1. The number of carbonyl (C=O) groups excluding carboxylic acids is 1. The van der Waals surface area contributed by atoms with Crippen molar-refractivity contribution in [3.63, 3.8) is 0 Å². The van der Waals surface area contributed by atoms with Crippen LogP contribution in [0, 0.1) is 5.82 Å². The first kappa shape index (κ1) is 18.4. The minimum Gasteiger partial charge on any atom is -0.350 e. The van der Waals surface area contributed by atoms with Gasteiger partial charge in [-0.05, 0) is 44.4 Å². The van der Waals surface area contributed by atoms with Gasteiger partial charge in [-0.1, -0.05) is 18.2 Å². The minimum absolute atomic E-state index is 0.0503. The molecular weight excluding hydrogens is 351 g/mol. The van der Waals surface area contributed by atoms with Gasteiger partial charge in [-0.25, -0.2) is 12.8 Å². The summed E-state index contributed by atoms with van der Waals surface area (Å²) in [4.78, 5) is 12.2. The monoisotopic (exact) mass is 370 g/mol. The van der Waals surface area contributed by atoms with E-state index < -0.39 is 33.8 Å². The van der Waals surface area contributed by atoms with E-state index in [0.717, 1.165) is 21.7 Å². The first-order chi connectivity index (χ1) is 11.1. The first-order valence-electron chi connectivity index (χ1n) is 7.23. The number of hydrogen-bond donors (Lipinski definition) is 1. The number of sulfonamides is 1. The Morgan fingerprint density at radius 1 is 1.21 bits per heavy atom. The number of anilines is 1. The normalized spacial score (nSPS) is 12.0. The molecule has 2 rings (SSSR count). The van der Waals surface area contributed by atoms with Crippen molar-refractivity contribution in [1.82, 2.24) is 5.32 Å². The van der Waals surface area contributed by atoms with Crippen LogP contribution in [-0.2, 0) is 14.8 Å². The molecule has 8 heteroatoms. The van der Waals surface area contributed by atoms with Gasteiger partial charge in [0.25, 0.3) is 10.0 Å². The van der Waals surface area contributed by atoms with Crippen molar-refractivity contribution in [2.45, 2.75) is 30.5 Å². The molecule has 0 bridgehead atoms. The van der Waals surface area contributed by atoms with Crippen LogP contribution >= 0.6 is 11.3 Å². The SMILES string of the molecule is CC(C)(C)NC(=O)CN(c1ccccc1F)S(=O)(=O)c1cccs1. The zero-order valence-electron chi connectivity index (χ0n) is 13.6. The minimum atomic E-state index is -4.03. The number of benzene rings is 1. The predicted molar refractivity (Wildman–Crippen MR) is 93.1 cm³/mol. The summed E-state index contributed by atoms with van der Waals surface area (Å²) in [7, 11) is -4.03. The average Bonchev–Trinajstić information content (AvgIpc) is 2.98. The first-order valence-corrected chi connectivity index (χ1v) is 9.55. The van der Waals surface area contributed by atoms with E-state index in [0.29, 0.717) is 0 Å². The molecule has 130 valence electrons. The lowest BCUT2D eigenvalue weighted by molar-refractivity contribution is -0.121. The molecule has 0 saturated heterocycles. The molecule has 0 unspecified atom stereocenters. The highest BCUT2D eigenvalue weighted by Gasteiger charge is 2.30. The standard InChI is InChI=1S/C16H19FN2O3S2/c1-16(2,3)18-14(20)11-19(13-8-5-4-7-12(13)17)24(21,22)15-9-6-10-23-15/h4-10H,11H2,1-3H3,(H,18,20). The van der Waals surface area contributed by atoms with Gasteiger partial charge in [0.1, 0.15) is 16.6 Å². The number of rotatable bonds is 5. The maximum Gasteiger partial charge on any atom is 0.274 e. The Hall–Kier alpha value is -1.93. The van der Waals surface area contributed by atoms with Crippen LogP contribution in [0.25, 0.3) is 0 Å². The van der Waals surface area contributed by atoms with Crippen LogP contribution in [0.1, 0.15) is 20.8 Å². The molecular formula is C16H19FN2O3S2. The third-order valence-corrected chi connectivity index (χ3v) is 6.09. The molecule has 0 spiro atoms. The summed E-state index contributed by atoms with van der Waals surface area (Å²) in [6, 6.07) is 8.50. The van der Waals surface area contributed by atoms with Crippen LogP contribution in [0.5, 0.6) is 0 Å². The van der Waals surface area contributed by atoms with Crippen LogP contribution < -0.4 is 9.62 Å². The van der Waals surface area contributed by atoms with Gasteiger partial charge in [0.05, 0.1) is 5.69 Å². The van der Waals surface area contributed by atoms with Crippen molar-refractivity contribution in [1.29, 1.82) is 0 Å². The summed E-state index contributed by atoms with van der Waals surface area (Å²) < 4.78 is 40.7. The number of halogens is 1. The Labute approximate surface area is 145 Å². The van der Waals surface area contributed by atoms with Gasteiger partial charge in [0, 0.05) is 5.54 Å². The molecule has 0 aliphatic heterocycles. The summed E-state index contributed by atoms with van der Waals surface area (Å²) in [6.45, 7) is 4.85. The summed E-state index contributed by atoms with van der Waals surface area (Å²) in [5, 5.41) is 4.30. The fourth-order valence-corrected chi connectivity index (χ4v) is 4.59. The predicted octanol–water partition coefficient (Wildman–Crippen LogP) is 3.00. The number of amides is 1. The maximum absolute atomic E-state index is 14.2. The smallest absolute Gasteiger partial charge is 0.274 e. The van der Waals surface area contributed by atoms with Gasteiger partial charge >= 0.3 is 0 Å². The average molecular weight is 370 g/mol. The fraction of sp³-hybridized carbons (Fsp3) is 0.312. The van der Waals surface area contributed by atoms with Crippen molar-refractivity contribution >= 4 is 33.0 Å². The molecule has 0 radical (unpaired) electrons. The number of thiophene rings is 1. The van der Waals surface area contributed by atoms with Crippen molar-refractivity contribution in [3.05, 3.63) is 47.6 Å². The maximum atomic E-state index is 14.2. The summed E-state index contributed by atoms with van der Waals surface area (Å²) >= 11 is 1.02.